The van der Waals surface area contributed by atoms with Crippen LogP contribution >= 0.6 is 0 Å². The highest BCUT2D eigenvalue weighted by Gasteiger charge is 2.37. The smallest absolute Gasteiger partial charge is 0.423 e. The van der Waals surface area contributed by atoms with Gasteiger partial charge in [-0.1, -0.05) is 137 Å². The standard InChI is InChI=1S/C54H43BN2O2/c1-53(2)47-16-10-8-14-41(47)43-26-24-39(32-49(43)53)56(40-25-27-44-42-15-9-11-17-48(42)54(3,4)50(44)33-40)38-22-18-34(19-23-38)35-20-28-51-45(30-35)46-31-36(55(58)59)21-29-52(46)57(51)37-12-6-5-7-13-37/h5-33,58-59H,1-4H3. The summed E-state index contributed by atoms with van der Waals surface area (Å²) >= 11 is 0. The highest BCUT2D eigenvalue weighted by molar-refractivity contribution is 6.59. The summed E-state index contributed by atoms with van der Waals surface area (Å²) < 4.78 is 2.25. The van der Waals surface area contributed by atoms with E-state index in [-0.39, 0.29) is 10.8 Å². The average Bonchev–Trinajstić information content (AvgIpc) is 3.80. The zero-order valence-corrected chi connectivity index (χ0v) is 33.6. The summed E-state index contributed by atoms with van der Waals surface area (Å²) in [6.45, 7) is 9.38. The molecule has 11 rings (SSSR count). The van der Waals surface area contributed by atoms with Crippen LogP contribution in [-0.2, 0) is 10.8 Å². The summed E-state index contributed by atoms with van der Waals surface area (Å²) in [5.74, 6) is 0. The molecule has 5 heteroatoms. The van der Waals surface area contributed by atoms with Crippen molar-refractivity contribution >= 4 is 51.4 Å². The number of para-hydroxylation sites is 1. The van der Waals surface area contributed by atoms with Crippen molar-refractivity contribution in [1.82, 2.24) is 4.57 Å². The predicted octanol–water partition coefficient (Wildman–Crippen LogP) is 12.2. The second kappa shape index (κ2) is 12.9. The molecule has 284 valence electrons. The average molecular weight is 763 g/mol. The first-order valence-corrected chi connectivity index (χ1v) is 20.5. The van der Waals surface area contributed by atoms with Crippen LogP contribution in [0.25, 0.3) is 60.9 Å². The lowest BCUT2D eigenvalue weighted by atomic mass is 9.80. The Morgan fingerprint density at radius 3 is 1.47 bits per heavy atom. The van der Waals surface area contributed by atoms with Crippen LogP contribution in [0.4, 0.5) is 17.1 Å². The van der Waals surface area contributed by atoms with Crippen LogP contribution in [0.15, 0.2) is 176 Å². The van der Waals surface area contributed by atoms with Crippen molar-refractivity contribution in [3.63, 3.8) is 0 Å². The van der Waals surface area contributed by atoms with Gasteiger partial charge in [-0.3, -0.25) is 0 Å². The second-order valence-corrected chi connectivity index (χ2v) is 17.2. The molecular formula is C54H43BN2O2. The van der Waals surface area contributed by atoms with Gasteiger partial charge in [-0.2, -0.15) is 0 Å². The molecule has 0 fully saturated rings. The number of anilines is 3. The summed E-state index contributed by atoms with van der Waals surface area (Å²) in [6, 6.07) is 63.2. The first kappa shape index (κ1) is 35.5. The molecule has 0 aliphatic heterocycles. The molecule has 2 aliphatic rings. The molecule has 0 saturated heterocycles. The van der Waals surface area contributed by atoms with Crippen LogP contribution in [0.2, 0.25) is 0 Å². The Balaban J connectivity index is 1.05. The summed E-state index contributed by atoms with van der Waals surface area (Å²) in [7, 11) is -1.55. The van der Waals surface area contributed by atoms with E-state index >= 15 is 0 Å². The molecule has 2 N–H and O–H groups in total. The molecule has 1 aromatic heterocycles. The Kier molecular flexibility index (Phi) is 7.78. The number of fused-ring (bicyclic) bond motifs is 9. The van der Waals surface area contributed by atoms with E-state index in [9.17, 15) is 10.0 Å². The zero-order chi connectivity index (χ0) is 40.2. The number of hydrogen-bond acceptors (Lipinski definition) is 3. The van der Waals surface area contributed by atoms with Crippen LogP contribution in [0.3, 0.4) is 0 Å². The van der Waals surface area contributed by atoms with Gasteiger partial charge in [0.2, 0.25) is 0 Å². The van der Waals surface area contributed by atoms with Gasteiger partial charge in [0, 0.05) is 44.4 Å². The minimum absolute atomic E-state index is 0.128. The first-order chi connectivity index (χ1) is 28.6. The molecular weight excluding hydrogens is 719 g/mol. The van der Waals surface area contributed by atoms with E-state index in [1.165, 1.54) is 44.5 Å². The fourth-order valence-electron chi connectivity index (χ4n) is 10.1. The topological polar surface area (TPSA) is 48.6 Å². The van der Waals surface area contributed by atoms with E-state index < -0.39 is 7.12 Å². The maximum absolute atomic E-state index is 10.1. The lowest BCUT2D eigenvalue weighted by molar-refractivity contribution is 0.426. The maximum Gasteiger partial charge on any atom is 0.488 e. The molecule has 1 heterocycles. The Labute approximate surface area is 345 Å². The van der Waals surface area contributed by atoms with Crippen molar-refractivity contribution in [2.45, 2.75) is 38.5 Å². The van der Waals surface area contributed by atoms with Crippen molar-refractivity contribution in [2.24, 2.45) is 0 Å². The molecule has 59 heavy (non-hydrogen) atoms. The monoisotopic (exact) mass is 762 g/mol. The molecule has 0 bridgehead atoms. The molecule has 0 amide bonds. The van der Waals surface area contributed by atoms with E-state index in [0.29, 0.717) is 5.46 Å². The molecule has 9 aromatic rings. The number of benzene rings is 8. The van der Waals surface area contributed by atoms with Gasteiger partial charge in [-0.25, -0.2) is 0 Å². The molecule has 0 saturated carbocycles. The van der Waals surface area contributed by atoms with E-state index in [0.717, 1.165) is 55.7 Å². The minimum atomic E-state index is -1.55. The normalized spacial score (nSPS) is 14.2. The van der Waals surface area contributed by atoms with Crippen LogP contribution in [-0.4, -0.2) is 21.7 Å². The third-order valence-electron chi connectivity index (χ3n) is 13.2. The SMILES string of the molecule is CC1(C)c2ccccc2-c2ccc(N(c3ccc(-c4ccc5c(c4)c4cc(B(O)O)ccc4n5-c4ccccc4)cc3)c3ccc4c(c3)C(C)(C)c3ccccc3-4)cc21. The van der Waals surface area contributed by atoms with Gasteiger partial charge >= 0.3 is 7.12 Å². The molecule has 2 aliphatic carbocycles. The number of nitrogens with zero attached hydrogens (tertiary/aromatic N) is 2. The van der Waals surface area contributed by atoms with Gasteiger partial charge in [0.05, 0.1) is 11.0 Å². The van der Waals surface area contributed by atoms with Gasteiger partial charge < -0.3 is 19.5 Å². The first-order valence-electron chi connectivity index (χ1n) is 20.5. The number of hydrogen-bond donors (Lipinski definition) is 2. The zero-order valence-electron chi connectivity index (χ0n) is 33.6. The van der Waals surface area contributed by atoms with Crippen LogP contribution in [0.5, 0.6) is 0 Å². The van der Waals surface area contributed by atoms with Gasteiger partial charge in [-0.15, -0.1) is 0 Å². The second-order valence-electron chi connectivity index (χ2n) is 17.2. The predicted molar refractivity (Wildman–Crippen MR) is 246 cm³/mol. The van der Waals surface area contributed by atoms with Crippen LogP contribution in [0, 0.1) is 0 Å². The Bertz CT molecular complexity index is 3030. The van der Waals surface area contributed by atoms with Crippen molar-refractivity contribution in [2.75, 3.05) is 4.90 Å². The molecule has 8 aromatic carbocycles. The van der Waals surface area contributed by atoms with Gasteiger partial charge in [-0.05, 0) is 128 Å². The number of rotatable bonds is 6. The van der Waals surface area contributed by atoms with Gasteiger partial charge in [0.1, 0.15) is 0 Å². The van der Waals surface area contributed by atoms with E-state index in [2.05, 4.69) is 177 Å². The van der Waals surface area contributed by atoms with Crippen LogP contribution in [0.1, 0.15) is 49.9 Å². The highest BCUT2D eigenvalue weighted by atomic mass is 16.4. The Morgan fingerprint density at radius 2 is 0.898 bits per heavy atom. The minimum Gasteiger partial charge on any atom is -0.423 e. The molecule has 4 nitrogen and oxygen atoms in total. The fraction of sp³-hybridized carbons (Fsp3) is 0.111. The maximum atomic E-state index is 10.1. The summed E-state index contributed by atoms with van der Waals surface area (Å²) in [5.41, 5.74) is 19.5. The van der Waals surface area contributed by atoms with E-state index in [1.54, 1.807) is 6.07 Å². The molecule has 0 spiro atoms. The lowest BCUT2D eigenvalue weighted by Gasteiger charge is -2.30. The summed E-state index contributed by atoms with van der Waals surface area (Å²) in [5, 5.41) is 22.3. The highest BCUT2D eigenvalue weighted by Crippen LogP contribution is 2.53. The lowest BCUT2D eigenvalue weighted by Crippen LogP contribution is -2.29. The van der Waals surface area contributed by atoms with Crippen molar-refractivity contribution in [3.05, 3.63) is 198 Å². The van der Waals surface area contributed by atoms with Crippen molar-refractivity contribution in [3.8, 4) is 39.1 Å². The van der Waals surface area contributed by atoms with Crippen molar-refractivity contribution in [1.29, 1.82) is 0 Å². The largest absolute Gasteiger partial charge is 0.488 e. The summed E-state index contributed by atoms with van der Waals surface area (Å²) in [6.07, 6.45) is 0. The summed E-state index contributed by atoms with van der Waals surface area (Å²) in [4.78, 5) is 2.42. The Morgan fingerprint density at radius 1 is 0.424 bits per heavy atom. The third kappa shape index (κ3) is 5.32. The third-order valence-corrected chi connectivity index (χ3v) is 13.2. The van der Waals surface area contributed by atoms with E-state index in [1.807, 2.05) is 30.3 Å². The number of aromatic nitrogens is 1. The molecule has 0 radical (unpaired) electrons. The molecule has 0 unspecified atom stereocenters. The van der Waals surface area contributed by atoms with Gasteiger partial charge in [0.15, 0.2) is 0 Å². The molecule has 0 atom stereocenters. The fourth-order valence-corrected chi connectivity index (χ4v) is 10.1. The van der Waals surface area contributed by atoms with Gasteiger partial charge in [0.25, 0.3) is 0 Å². The quantitative estimate of drug-likeness (QED) is 0.166. The van der Waals surface area contributed by atoms with E-state index in [4.69, 9.17) is 0 Å². The Hall–Kier alpha value is -6.66. The van der Waals surface area contributed by atoms with Crippen LogP contribution < -0.4 is 10.4 Å². The van der Waals surface area contributed by atoms with Crippen molar-refractivity contribution < 1.29 is 10.0 Å².